The molecule has 0 saturated carbocycles. The zero-order chi connectivity index (χ0) is 25.3. The Balaban J connectivity index is 2.85. The van der Waals surface area contributed by atoms with Crippen LogP contribution in [0.25, 0.3) is 0 Å². The van der Waals surface area contributed by atoms with E-state index in [-0.39, 0.29) is 18.4 Å². The van der Waals surface area contributed by atoms with Gasteiger partial charge in [0.25, 0.3) is 0 Å². The van der Waals surface area contributed by atoms with E-state index in [4.69, 9.17) is 11.5 Å². The Morgan fingerprint density at radius 1 is 0.912 bits per heavy atom. The second-order valence-corrected chi connectivity index (χ2v) is 9.51. The van der Waals surface area contributed by atoms with E-state index < -0.39 is 35.9 Å². The highest BCUT2D eigenvalue weighted by atomic mass is 32.2. The van der Waals surface area contributed by atoms with Crippen LogP contribution in [0.4, 0.5) is 0 Å². The number of carboxylic acid groups (broad SMARTS) is 1. The first-order chi connectivity index (χ1) is 16.3. The molecule has 9 N–H and O–H groups in total. The van der Waals surface area contributed by atoms with Gasteiger partial charge in [0.2, 0.25) is 17.7 Å². The third-order valence-corrected chi connectivity index (χ3v) is 6.41. The molecule has 0 aromatic heterocycles. The van der Waals surface area contributed by atoms with E-state index in [0.29, 0.717) is 63.8 Å². The Labute approximate surface area is 206 Å². The molecule has 3 amide bonds. The number of rotatable bonds is 18. The molecule has 0 radical (unpaired) electrons. The number of nitrogens with one attached hydrogen (secondary N) is 4. The number of hydrogen-bond acceptors (Lipinski definition) is 8. The predicted octanol–water partition coefficient (Wildman–Crippen LogP) is -0.711. The third-order valence-electron chi connectivity index (χ3n) is 5.76. The highest BCUT2D eigenvalue weighted by Gasteiger charge is 2.31. The quantitative estimate of drug-likeness (QED) is 0.119. The van der Waals surface area contributed by atoms with Crippen LogP contribution in [-0.4, -0.2) is 84.6 Å². The zero-order valence-electron chi connectivity index (χ0n) is 20.1. The van der Waals surface area contributed by atoms with Gasteiger partial charge in [-0.1, -0.05) is 0 Å². The number of carbonyl (C=O) groups is 4. The molecule has 1 fully saturated rings. The molecular formula is C22H42N6O5S. The van der Waals surface area contributed by atoms with Crippen LogP contribution in [-0.2, 0) is 19.2 Å². The van der Waals surface area contributed by atoms with Crippen LogP contribution in [0.3, 0.4) is 0 Å². The van der Waals surface area contributed by atoms with E-state index in [2.05, 4.69) is 21.3 Å². The first-order valence-corrected chi connectivity index (χ1v) is 13.5. The highest BCUT2D eigenvalue weighted by Crippen LogP contribution is 2.09. The molecule has 4 atom stereocenters. The van der Waals surface area contributed by atoms with Crippen molar-refractivity contribution in [2.45, 2.75) is 82.0 Å². The minimum Gasteiger partial charge on any atom is -0.480 e. The van der Waals surface area contributed by atoms with Crippen molar-refractivity contribution in [2.24, 2.45) is 11.5 Å². The van der Waals surface area contributed by atoms with Gasteiger partial charge in [-0.25, -0.2) is 4.79 Å². The summed E-state index contributed by atoms with van der Waals surface area (Å²) in [6, 6.07) is -3.09. The summed E-state index contributed by atoms with van der Waals surface area (Å²) in [4.78, 5) is 50.2. The maximum atomic E-state index is 13.1. The van der Waals surface area contributed by atoms with Crippen LogP contribution in [0.1, 0.15) is 57.8 Å². The number of carboxylic acids is 1. The molecule has 1 aliphatic rings. The van der Waals surface area contributed by atoms with Crippen molar-refractivity contribution in [3.8, 4) is 0 Å². The minimum atomic E-state index is -1.13. The van der Waals surface area contributed by atoms with Gasteiger partial charge in [0.15, 0.2) is 0 Å². The lowest BCUT2D eigenvalue weighted by atomic mass is 10.1. The van der Waals surface area contributed by atoms with Crippen LogP contribution < -0.4 is 32.7 Å². The molecule has 1 aliphatic heterocycles. The molecule has 34 heavy (non-hydrogen) atoms. The summed E-state index contributed by atoms with van der Waals surface area (Å²) in [6.07, 6.45) is 7.07. The van der Waals surface area contributed by atoms with Gasteiger partial charge < -0.3 is 37.8 Å². The molecule has 0 aliphatic carbocycles. The monoisotopic (exact) mass is 502 g/mol. The molecule has 0 bridgehead atoms. The van der Waals surface area contributed by atoms with Crippen molar-refractivity contribution >= 4 is 35.5 Å². The van der Waals surface area contributed by atoms with Crippen molar-refractivity contribution in [3.05, 3.63) is 0 Å². The van der Waals surface area contributed by atoms with E-state index in [0.717, 1.165) is 13.0 Å². The molecule has 12 heteroatoms. The summed E-state index contributed by atoms with van der Waals surface area (Å²) in [5, 5.41) is 20.7. The summed E-state index contributed by atoms with van der Waals surface area (Å²) in [5.41, 5.74) is 11.0. The number of carbonyl (C=O) groups excluding carboxylic acids is 3. The van der Waals surface area contributed by atoms with Gasteiger partial charge in [0, 0.05) is 0 Å². The second kappa shape index (κ2) is 17.5. The predicted molar refractivity (Wildman–Crippen MR) is 133 cm³/mol. The average Bonchev–Trinajstić information content (AvgIpc) is 3.35. The van der Waals surface area contributed by atoms with Crippen molar-refractivity contribution in [2.75, 3.05) is 31.6 Å². The molecule has 11 nitrogen and oxygen atoms in total. The molecular weight excluding hydrogens is 460 g/mol. The largest absolute Gasteiger partial charge is 0.480 e. The number of unbranched alkanes of at least 4 members (excludes halogenated alkanes) is 2. The van der Waals surface area contributed by atoms with E-state index >= 15 is 0 Å². The van der Waals surface area contributed by atoms with Gasteiger partial charge in [-0.15, -0.1) is 0 Å². The lowest BCUT2D eigenvalue weighted by Crippen LogP contribution is -2.57. The summed E-state index contributed by atoms with van der Waals surface area (Å²) < 4.78 is 0. The molecule has 196 valence electrons. The van der Waals surface area contributed by atoms with Gasteiger partial charge in [-0.05, 0) is 89.4 Å². The average molecular weight is 503 g/mol. The Bertz CT molecular complexity index is 647. The molecule has 0 aromatic rings. The van der Waals surface area contributed by atoms with Gasteiger partial charge in [-0.2, -0.15) is 11.8 Å². The van der Waals surface area contributed by atoms with Gasteiger partial charge in [0.1, 0.15) is 18.1 Å². The van der Waals surface area contributed by atoms with Gasteiger partial charge >= 0.3 is 5.97 Å². The molecule has 4 unspecified atom stereocenters. The molecule has 1 heterocycles. The number of amides is 3. The maximum Gasteiger partial charge on any atom is 0.326 e. The molecule has 1 rings (SSSR count). The Morgan fingerprint density at radius 3 is 1.97 bits per heavy atom. The highest BCUT2D eigenvalue weighted by molar-refractivity contribution is 7.98. The fraction of sp³-hybridized carbons (Fsp3) is 0.818. The Kier molecular flexibility index (Phi) is 15.5. The van der Waals surface area contributed by atoms with Crippen LogP contribution in [0.2, 0.25) is 0 Å². The lowest BCUT2D eigenvalue weighted by Gasteiger charge is -2.25. The van der Waals surface area contributed by atoms with E-state index in [1.165, 1.54) is 11.8 Å². The lowest BCUT2D eigenvalue weighted by molar-refractivity contribution is -0.142. The van der Waals surface area contributed by atoms with Crippen LogP contribution in [0.5, 0.6) is 0 Å². The standard InChI is InChI=1S/C22H42N6O5S/c1-34-14-10-17(21(31)28-18(22(32)33)8-3-5-12-24)27-20(30)16(7-2-4-11-23)26-19(29)15-9-6-13-25-15/h15-18,25H,2-14,23-24H2,1H3,(H,26,29)(H,27,30)(H,28,31)(H,32,33). The third kappa shape index (κ3) is 11.5. The Hall–Kier alpha value is -1.89. The van der Waals surface area contributed by atoms with Gasteiger partial charge in [-0.3, -0.25) is 14.4 Å². The van der Waals surface area contributed by atoms with Gasteiger partial charge in [0.05, 0.1) is 6.04 Å². The first kappa shape index (κ1) is 30.1. The minimum absolute atomic E-state index is 0.235. The van der Waals surface area contributed by atoms with E-state index in [1.807, 2.05) is 6.26 Å². The number of hydrogen-bond donors (Lipinski definition) is 7. The fourth-order valence-corrected chi connectivity index (χ4v) is 4.21. The number of thioether (sulfide) groups is 1. The fourth-order valence-electron chi connectivity index (χ4n) is 3.74. The smallest absolute Gasteiger partial charge is 0.326 e. The van der Waals surface area contributed by atoms with Crippen molar-refractivity contribution in [1.82, 2.24) is 21.3 Å². The van der Waals surface area contributed by atoms with E-state index in [9.17, 15) is 24.3 Å². The summed E-state index contributed by atoms with van der Waals surface area (Å²) in [6.45, 7) is 1.68. The van der Waals surface area contributed by atoms with Crippen LogP contribution >= 0.6 is 11.8 Å². The Morgan fingerprint density at radius 2 is 1.47 bits per heavy atom. The molecule has 1 saturated heterocycles. The SMILES string of the molecule is CSCCC(NC(=O)C(CCCCN)NC(=O)C1CCCN1)C(=O)NC(CCCCN)C(=O)O. The topological polar surface area (TPSA) is 189 Å². The van der Waals surface area contributed by atoms with Crippen LogP contribution in [0.15, 0.2) is 0 Å². The van der Waals surface area contributed by atoms with Crippen molar-refractivity contribution < 1.29 is 24.3 Å². The molecule has 0 aromatic carbocycles. The first-order valence-electron chi connectivity index (χ1n) is 12.1. The van der Waals surface area contributed by atoms with E-state index in [1.54, 1.807) is 0 Å². The zero-order valence-corrected chi connectivity index (χ0v) is 21.0. The van der Waals surface area contributed by atoms with Crippen molar-refractivity contribution in [3.63, 3.8) is 0 Å². The number of aliphatic carboxylic acids is 1. The van der Waals surface area contributed by atoms with Crippen LogP contribution in [0, 0.1) is 0 Å². The number of nitrogens with two attached hydrogens (primary N) is 2. The second-order valence-electron chi connectivity index (χ2n) is 8.52. The summed E-state index contributed by atoms with van der Waals surface area (Å²) in [5.74, 6) is -1.77. The summed E-state index contributed by atoms with van der Waals surface area (Å²) >= 11 is 1.52. The maximum absolute atomic E-state index is 13.1. The van der Waals surface area contributed by atoms with Crippen molar-refractivity contribution in [1.29, 1.82) is 0 Å². The summed E-state index contributed by atoms with van der Waals surface area (Å²) in [7, 11) is 0. The molecule has 0 spiro atoms. The normalized spacial score (nSPS) is 18.0.